The Balaban J connectivity index is 2.20. The maximum absolute atomic E-state index is 12.1. The standard InChI is InChI=1S/C14H28N2OS/c1-12(2)6-8-18-11-14(17)16-7-4-5-13(10-16)9-15-3/h12-13,15H,4-11H2,1-3H3. The van der Waals surface area contributed by atoms with E-state index in [-0.39, 0.29) is 0 Å². The van der Waals surface area contributed by atoms with Crippen LogP contribution >= 0.6 is 11.8 Å². The molecule has 0 spiro atoms. The zero-order valence-corrected chi connectivity index (χ0v) is 12.9. The van der Waals surface area contributed by atoms with Crippen LogP contribution in [-0.2, 0) is 4.79 Å². The number of amides is 1. The second-order valence-corrected chi connectivity index (χ2v) is 6.75. The summed E-state index contributed by atoms with van der Waals surface area (Å²) in [6, 6.07) is 0. The van der Waals surface area contributed by atoms with Crippen molar-refractivity contribution in [2.24, 2.45) is 11.8 Å². The summed E-state index contributed by atoms with van der Waals surface area (Å²) in [6.45, 7) is 7.41. The predicted octanol–water partition coefficient (Wildman–Crippen LogP) is 2.22. The van der Waals surface area contributed by atoms with E-state index in [0.717, 1.165) is 37.7 Å². The number of nitrogens with zero attached hydrogens (tertiary/aromatic N) is 1. The highest BCUT2D eigenvalue weighted by molar-refractivity contribution is 7.99. The maximum Gasteiger partial charge on any atom is 0.232 e. The molecule has 0 aromatic heterocycles. The fourth-order valence-corrected chi connectivity index (χ4v) is 3.46. The van der Waals surface area contributed by atoms with Gasteiger partial charge in [-0.25, -0.2) is 0 Å². The highest BCUT2D eigenvalue weighted by Crippen LogP contribution is 2.17. The van der Waals surface area contributed by atoms with Crippen molar-refractivity contribution in [1.82, 2.24) is 10.2 Å². The van der Waals surface area contributed by atoms with Crippen LogP contribution in [0.2, 0.25) is 0 Å². The molecule has 0 bridgehead atoms. The summed E-state index contributed by atoms with van der Waals surface area (Å²) < 4.78 is 0. The summed E-state index contributed by atoms with van der Waals surface area (Å²) >= 11 is 1.79. The van der Waals surface area contributed by atoms with E-state index in [1.165, 1.54) is 12.8 Å². The third kappa shape index (κ3) is 6.10. The van der Waals surface area contributed by atoms with Gasteiger partial charge in [0.2, 0.25) is 5.91 Å². The van der Waals surface area contributed by atoms with Crippen molar-refractivity contribution in [2.75, 3.05) is 38.2 Å². The molecule has 0 radical (unpaired) electrons. The molecule has 0 aliphatic carbocycles. The number of carbonyl (C=O) groups is 1. The molecule has 1 fully saturated rings. The van der Waals surface area contributed by atoms with Crippen LogP contribution in [0.25, 0.3) is 0 Å². The highest BCUT2D eigenvalue weighted by Gasteiger charge is 2.22. The molecule has 1 aliphatic rings. The number of hydrogen-bond acceptors (Lipinski definition) is 3. The Kier molecular flexibility index (Phi) is 7.75. The van der Waals surface area contributed by atoms with Crippen LogP contribution < -0.4 is 5.32 Å². The maximum atomic E-state index is 12.1. The lowest BCUT2D eigenvalue weighted by Gasteiger charge is -2.32. The molecule has 1 heterocycles. The van der Waals surface area contributed by atoms with E-state index in [1.54, 1.807) is 11.8 Å². The lowest BCUT2D eigenvalue weighted by Crippen LogP contribution is -2.43. The van der Waals surface area contributed by atoms with Crippen molar-refractivity contribution in [1.29, 1.82) is 0 Å². The highest BCUT2D eigenvalue weighted by atomic mass is 32.2. The normalized spacial score (nSPS) is 20.4. The third-order valence-corrected chi connectivity index (χ3v) is 4.41. The summed E-state index contributed by atoms with van der Waals surface area (Å²) in [5, 5.41) is 3.22. The molecule has 1 amide bonds. The minimum atomic E-state index is 0.338. The quantitative estimate of drug-likeness (QED) is 0.721. The van der Waals surface area contributed by atoms with E-state index in [2.05, 4.69) is 24.1 Å². The monoisotopic (exact) mass is 272 g/mol. The van der Waals surface area contributed by atoms with Gasteiger partial charge >= 0.3 is 0 Å². The second kappa shape index (κ2) is 8.81. The molecular formula is C14H28N2OS. The fraction of sp³-hybridized carbons (Fsp3) is 0.929. The molecule has 1 saturated heterocycles. The summed E-state index contributed by atoms with van der Waals surface area (Å²) in [4.78, 5) is 14.1. The van der Waals surface area contributed by atoms with Crippen LogP contribution in [-0.4, -0.2) is 49.0 Å². The van der Waals surface area contributed by atoms with Crippen LogP contribution in [0.15, 0.2) is 0 Å². The van der Waals surface area contributed by atoms with Crippen molar-refractivity contribution in [3.8, 4) is 0 Å². The smallest absolute Gasteiger partial charge is 0.232 e. The van der Waals surface area contributed by atoms with Crippen molar-refractivity contribution >= 4 is 17.7 Å². The summed E-state index contributed by atoms with van der Waals surface area (Å²) in [5.74, 6) is 3.50. The van der Waals surface area contributed by atoms with Crippen LogP contribution in [0.1, 0.15) is 33.1 Å². The number of piperidine rings is 1. The fourth-order valence-electron chi connectivity index (χ4n) is 2.32. The van der Waals surface area contributed by atoms with E-state index in [1.807, 2.05) is 7.05 Å². The van der Waals surface area contributed by atoms with Gasteiger partial charge in [0.1, 0.15) is 0 Å². The van der Waals surface area contributed by atoms with Gasteiger partial charge in [0, 0.05) is 13.1 Å². The molecule has 1 aliphatic heterocycles. The third-order valence-electron chi connectivity index (χ3n) is 3.43. The molecule has 1 N–H and O–H groups in total. The van der Waals surface area contributed by atoms with E-state index in [4.69, 9.17) is 0 Å². The lowest BCUT2D eigenvalue weighted by atomic mass is 9.98. The van der Waals surface area contributed by atoms with Gasteiger partial charge in [0.15, 0.2) is 0 Å². The Morgan fingerprint density at radius 2 is 2.28 bits per heavy atom. The first kappa shape index (κ1) is 15.8. The minimum Gasteiger partial charge on any atom is -0.342 e. The van der Waals surface area contributed by atoms with Gasteiger partial charge in [-0.2, -0.15) is 11.8 Å². The summed E-state index contributed by atoms with van der Waals surface area (Å²) in [7, 11) is 1.99. The molecule has 1 atom stereocenters. The number of thioether (sulfide) groups is 1. The Bertz CT molecular complexity index is 244. The first-order valence-electron chi connectivity index (χ1n) is 7.13. The number of nitrogens with one attached hydrogen (secondary N) is 1. The average molecular weight is 272 g/mol. The largest absolute Gasteiger partial charge is 0.342 e. The number of likely N-dealkylation sites (tertiary alicyclic amines) is 1. The van der Waals surface area contributed by atoms with Crippen LogP contribution in [0.5, 0.6) is 0 Å². The molecular weight excluding hydrogens is 244 g/mol. The number of carbonyl (C=O) groups excluding carboxylic acids is 1. The second-order valence-electron chi connectivity index (χ2n) is 5.64. The molecule has 3 nitrogen and oxygen atoms in total. The van der Waals surface area contributed by atoms with E-state index >= 15 is 0 Å². The van der Waals surface area contributed by atoms with E-state index in [0.29, 0.717) is 17.6 Å². The Hall–Kier alpha value is -0.220. The molecule has 4 heteroatoms. The summed E-state index contributed by atoms with van der Waals surface area (Å²) in [5.41, 5.74) is 0. The topological polar surface area (TPSA) is 32.3 Å². The Morgan fingerprint density at radius 3 is 2.94 bits per heavy atom. The van der Waals surface area contributed by atoms with Gasteiger partial charge < -0.3 is 10.2 Å². The molecule has 0 aromatic rings. The van der Waals surface area contributed by atoms with Crippen LogP contribution in [0.3, 0.4) is 0 Å². The molecule has 0 aromatic carbocycles. The zero-order chi connectivity index (χ0) is 13.4. The van der Waals surface area contributed by atoms with E-state index in [9.17, 15) is 4.79 Å². The molecule has 18 heavy (non-hydrogen) atoms. The van der Waals surface area contributed by atoms with Gasteiger partial charge in [-0.1, -0.05) is 13.8 Å². The predicted molar refractivity (Wildman–Crippen MR) is 80.0 cm³/mol. The van der Waals surface area contributed by atoms with Gasteiger partial charge in [0.25, 0.3) is 0 Å². The van der Waals surface area contributed by atoms with Gasteiger partial charge in [-0.05, 0) is 50.4 Å². The first-order chi connectivity index (χ1) is 8.63. The minimum absolute atomic E-state index is 0.338. The van der Waals surface area contributed by atoms with Crippen molar-refractivity contribution in [3.63, 3.8) is 0 Å². The Morgan fingerprint density at radius 1 is 1.50 bits per heavy atom. The van der Waals surface area contributed by atoms with Gasteiger partial charge in [-0.3, -0.25) is 4.79 Å². The number of rotatable bonds is 7. The number of hydrogen-bond donors (Lipinski definition) is 1. The van der Waals surface area contributed by atoms with Gasteiger partial charge in [0.05, 0.1) is 5.75 Å². The molecule has 1 rings (SSSR count). The van der Waals surface area contributed by atoms with Crippen molar-refractivity contribution in [2.45, 2.75) is 33.1 Å². The van der Waals surface area contributed by atoms with Crippen LogP contribution in [0.4, 0.5) is 0 Å². The van der Waals surface area contributed by atoms with Gasteiger partial charge in [-0.15, -0.1) is 0 Å². The molecule has 1 unspecified atom stereocenters. The van der Waals surface area contributed by atoms with Crippen LogP contribution in [0, 0.1) is 11.8 Å². The lowest BCUT2D eigenvalue weighted by molar-refractivity contribution is -0.130. The van der Waals surface area contributed by atoms with Crippen molar-refractivity contribution < 1.29 is 4.79 Å². The average Bonchev–Trinajstić information content (AvgIpc) is 2.35. The molecule has 0 saturated carbocycles. The molecule has 106 valence electrons. The van der Waals surface area contributed by atoms with E-state index < -0.39 is 0 Å². The Labute approximate surface area is 116 Å². The SMILES string of the molecule is CNCC1CCCN(C(=O)CSCCC(C)C)C1. The zero-order valence-electron chi connectivity index (χ0n) is 12.1. The van der Waals surface area contributed by atoms with Crippen molar-refractivity contribution in [3.05, 3.63) is 0 Å². The first-order valence-corrected chi connectivity index (χ1v) is 8.29. The summed E-state index contributed by atoms with van der Waals surface area (Å²) in [6.07, 6.45) is 3.63.